The molecule has 7 heteroatoms. The Morgan fingerprint density at radius 1 is 1.18 bits per heavy atom. The number of nitrogens with zero attached hydrogens (tertiary/aromatic N) is 2. The van der Waals surface area contributed by atoms with Gasteiger partial charge in [-0.3, -0.25) is 14.4 Å². The molecule has 2 heterocycles. The number of rotatable bonds is 2. The first-order valence-electron chi connectivity index (χ1n) is 9.44. The highest BCUT2D eigenvalue weighted by molar-refractivity contribution is 5.99. The van der Waals surface area contributed by atoms with Crippen LogP contribution in [-0.2, 0) is 19.1 Å². The van der Waals surface area contributed by atoms with Crippen LogP contribution in [0.15, 0.2) is 24.3 Å². The van der Waals surface area contributed by atoms with Crippen LogP contribution in [0.1, 0.15) is 52.6 Å². The molecule has 0 aromatic heterocycles. The van der Waals surface area contributed by atoms with Crippen LogP contribution in [0.2, 0.25) is 0 Å². The minimum Gasteiger partial charge on any atom is -0.459 e. The molecule has 2 saturated heterocycles. The molecule has 152 valence electrons. The molecular formula is C21H27FN2O4. The van der Waals surface area contributed by atoms with E-state index in [9.17, 15) is 18.8 Å². The molecule has 1 aromatic rings. The lowest BCUT2D eigenvalue weighted by Gasteiger charge is -2.42. The van der Waals surface area contributed by atoms with Crippen molar-refractivity contribution in [1.29, 1.82) is 0 Å². The van der Waals surface area contributed by atoms with Crippen molar-refractivity contribution in [3.63, 3.8) is 0 Å². The van der Waals surface area contributed by atoms with Crippen molar-refractivity contribution in [2.75, 3.05) is 7.05 Å². The lowest BCUT2D eigenvalue weighted by molar-refractivity contribution is -0.169. The standard InChI is InChI=1S/C21H27FN2O4/c1-12-17(25)24-15(18(26)23(12)6)11-21(5,19(27)28-20(2,3)4)16(24)13-7-9-14(22)10-8-13/h7-10,12,15-16H,11H2,1-6H3/t12?,15-,16?,21?/m0/s1. The van der Waals surface area contributed by atoms with Gasteiger partial charge in [0.05, 0.1) is 11.5 Å². The van der Waals surface area contributed by atoms with Gasteiger partial charge in [-0.25, -0.2) is 4.39 Å². The normalized spacial score (nSPS) is 30.5. The summed E-state index contributed by atoms with van der Waals surface area (Å²) < 4.78 is 19.2. The van der Waals surface area contributed by atoms with Gasteiger partial charge in [-0.1, -0.05) is 12.1 Å². The summed E-state index contributed by atoms with van der Waals surface area (Å²) in [5.74, 6) is -1.31. The summed E-state index contributed by atoms with van der Waals surface area (Å²) in [6.45, 7) is 8.71. The van der Waals surface area contributed by atoms with Gasteiger partial charge in [0.25, 0.3) is 0 Å². The third-order valence-corrected chi connectivity index (χ3v) is 5.71. The largest absolute Gasteiger partial charge is 0.459 e. The number of esters is 1. The Labute approximate surface area is 164 Å². The Bertz CT molecular complexity index is 817. The summed E-state index contributed by atoms with van der Waals surface area (Å²) in [5.41, 5.74) is -1.24. The quantitative estimate of drug-likeness (QED) is 0.728. The van der Waals surface area contributed by atoms with Gasteiger partial charge in [0.15, 0.2) is 0 Å². The average Bonchev–Trinajstić information content (AvgIpc) is 2.92. The molecule has 0 N–H and O–H groups in total. The maximum Gasteiger partial charge on any atom is 0.314 e. The van der Waals surface area contributed by atoms with Crippen molar-refractivity contribution in [2.24, 2.45) is 5.41 Å². The van der Waals surface area contributed by atoms with Crippen molar-refractivity contribution in [3.05, 3.63) is 35.6 Å². The van der Waals surface area contributed by atoms with Crippen LogP contribution in [0.25, 0.3) is 0 Å². The Morgan fingerprint density at radius 3 is 2.29 bits per heavy atom. The van der Waals surface area contributed by atoms with E-state index in [1.165, 1.54) is 21.9 Å². The number of benzene rings is 1. The van der Waals surface area contributed by atoms with Crippen molar-refractivity contribution in [3.8, 4) is 0 Å². The molecule has 3 unspecified atom stereocenters. The molecule has 2 amide bonds. The summed E-state index contributed by atoms with van der Waals surface area (Å²) in [5, 5.41) is 0. The molecule has 0 saturated carbocycles. The molecule has 0 spiro atoms. The maximum atomic E-state index is 13.5. The van der Waals surface area contributed by atoms with Crippen LogP contribution in [0.5, 0.6) is 0 Å². The Kier molecular flexibility index (Phi) is 4.76. The number of carbonyl (C=O) groups is 3. The molecule has 28 heavy (non-hydrogen) atoms. The zero-order valence-corrected chi connectivity index (χ0v) is 17.2. The lowest BCUT2D eigenvalue weighted by Crippen LogP contribution is -2.60. The van der Waals surface area contributed by atoms with Crippen LogP contribution in [0.4, 0.5) is 4.39 Å². The van der Waals surface area contributed by atoms with Crippen molar-refractivity contribution in [1.82, 2.24) is 9.80 Å². The number of hydrogen-bond donors (Lipinski definition) is 0. The summed E-state index contributed by atoms with van der Waals surface area (Å²) >= 11 is 0. The summed E-state index contributed by atoms with van der Waals surface area (Å²) in [6.07, 6.45) is 0.158. The zero-order chi connectivity index (χ0) is 21.0. The molecule has 4 atom stereocenters. The summed E-state index contributed by atoms with van der Waals surface area (Å²) in [6, 6.07) is 3.63. The summed E-state index contributed by atoms with van der Waals surface area (Å²) in [4.78, 5) is 42.1. The van der Waals surface area contributed by atoms with Crippen LogP contribution in [-0.4, -0.2) is 52.3 Å². The number of halogens is 1. The van der Waals surface area contributed by atoms with Crippen LogP contribution < -0.4 is 0 Å². The van der Waals surface area contributed by atoms with E-state index in [-0.39, 0.29) is 18.2 Å². The molecule has 1 aromatic carbocycles. The highest BCUT2D eigenvalue weighted by Gasteiger charge is 2.62. The first-order chi connectivity index (χ1) is 12.9. The topological polar surface area (TPSA) is 66.9 Å². The van der Waals surface area contributed by atoms with E-state index in [1.54, 1.807) is 53.8 Å². The molecule has 2 aliphatic rings. The number of amides is 2. The fraction of sp³-hybridized carbons (Fsp3) is 0.571. The van der Waals surface area contributed by atoms with Gasteiger partial charge in [-0.05, 0) is 58.7 Å². The second-order valence-corrected chi connectivity index (χ2v) is 8.96. The van der Waals surface area contributed by atoms with E-state index in [4.69, 9.17) is 4.74 Å². The number of carbonyl (C=O) groups excluding carboxylic acids is 3. The number of ether oxygens (including phenoxy) is 1. The minimum atomic E-state index is -1.13. The van der Waals surface area contributed by atoms with Crippen LogP contribution >= 0.6 is 0 Å². The maximum absolute atomic E-state index is 13.5. The first kappa shape index (κ1) is 20.3. The molecule has 0 bridgehead atoms. The van der Waals surface area contributed by atoms with Crippen molar-refractivity contribution >= 4 is 17.8 Å². The predicted molar refractivity (Wildman–Crippen MR) is 101 cm³/mol. The Balaban J connectivity index is 2.13. The zero-order valence-electron chi connectivity index (χ0n) is 17.2. The molecule has 2 fully saturated rings. The third-order valence-electron chi connectivity index (χ3n) is 5.71. The number of fused-ring (bicyclic) bond motifs is 1. The van der Waals surface area contributed by atoms with Gasteiger partial charge in [-0.2, -0.15) is 0 Å². The SMILES string of the molecule is CC1C(=O)N2C(c3ccc(F)cc3)C(C)(C(=O)OC(C)(C)C)C[C@H]2C(=O)N1C. The third kappa shape index (κ3) is 3.16. The van der Waals surface area contributed by atoms with E-state index in [2.05, 4.69) is 0 Å². The van der Waals surface area contributed by atoms with Gasteiger partial charge < -0.3 is 14.5 Å². The monoisotopic (exact) mass is 390 g/mol. The smallest absolute Gasteiger partial charge is 0.314 e. The molecule has 0 radical (unpaired) electrons. The molecule has 2 aliphatic heterocycles. The lowest BCUT2D eigenvalue weighted by atomic mass is 9.78. The van der Waals surface area contributed by atoms with Gasteiger partial charge in [0.1, 0.15) is 23.5 Å². The highest BCUT2D eigenvalue weighted by atomic mass is 19.1. The molecular weight excluding hydrogens is 363 g/mol. The van der Waals surface area contributed by atoms with Gasteiger partial charge in [0, 0.05) is 7.05 Å². The second kappa shape index (κ2) is 6.57. The molecule has 3 rings (SSSR count). The number of piperazine rings is 1. The van der Waals surface area contributed by atoms with Gasteiger partial charge in [-0.15, -0.1) is 0 Å². The number of hydrogen-bond acceptors (Lipinski definition) is 4. The van der Waals surface area contributed by atoms with Crippen molar-refractivity contribution < 1.29 is 23.5 Å². The Hall–Kier alpha value is -2.44. The number of likely N-dealkylation sites (N-methyl/N-ethyl adjacent to an activating group) is 1. The predicted octanol–water partition coefficient (Wildman–Crippen LogP) is 2.68. The van der Waals surface area contributed by atoms with E-state index < -0.39 is 40.9 Å². The van der Waals surface area contributed by atoms with E-state index in [1.807, 2.05) is 0 Å². The second-order valence-electron chi connectivity index (χ2n) is 8.96. The van der Waals surface area contributed by atoms with Gasteiger partial charge >= 0.3 is 5.97 Å². The fourth-order valence-electron chi connectivity index (χ4n) is 4.16. The molecule has 6 nitrogen and oxygen atoms in total. The summed E-state index contributed by atoms with van der Waals surface area (Å²) in [7, 11) is 1.60. The van der Waals surface area contributed by atoms with E-state index in [0.717, 1.165) is 0 Å². The Morgan fingerprint density at radius 2 is 1.75 bits per heavy atom. The minimum absolute atomic E-state index is 0.158. The van der Waals surface area contributed by atoms with Crippen LogP contribution in [0.3, 0.4) is 0 Å². The van der Waals surface area contributed by atoms with Crippen molar-refractivity contribution in [2.45, 2.75) is 64.8 Å². The fourth-order valence-corrected chi connectivity index (χ4v) is 4.16. The molecule has 0 aliphatic carbocycles. The average molecular weight is 390 g/mol. The van der Waals surface area contributed by atoms with E-state index in [0.29, 0.717) is 5.56 Å². The van der Waals surface area contributed by atoms with Gasteiger partial charge in [0.2, 0.25) is 11.8 Å². The van der Waals surface area contributed by atoms with Crippen LogP contribution in [0, 0.1) is 11.2 Å². The highest BCUT2D eigenvalue weighted by Crippen LogP contribution is 2.53. The first-order valence-corrected chi connectivity index (χ1v) is 9.44. The van der Waals surface area contributed by atoms with E-state index >= 15 is 0 Å².